The van der Waals surface area contributed by atoms with Crippen molar-refractivity contribution in [2.24, 2.45) is 21.9 Å². The fraction of sp³-hybridized carbons (Fsp3) is 0.571. The molecule has 1 fully saturated rings. The van der Waals surface area contributed by atoms with E-state index in [9.17, 15) is 4.79 Å². The van der Waals surface area contributed by atoms with E-state index in [1.807, 2.05) is 26.1 Å². The van der Waals surface area contributed by atoms with E-state index in [1.165, 1.54) is 18.2 Å². The number of carbonyl (C=O) groups is 1. The first-order valence-corrected chi connectivity index (χ1v) is 10.7. The standard InChI is InChI=1S/C21H31N3O2S/c1-15(2)13-22-24-21(23-19-12-16(3)10-11-17(19)4)27-14-26-20(25)18-8-6-5-7-9-18/h10-13,15,18H,5-9,14H2,1-4H3,(H,23,24)/b22-13+. The fourth-order valence-electron chi connectivity index (χ4n) is 2.88. The normalized spacial score (nSPS) is 16.1. The second-order valence-corrected chi connectivity index (χ2v) is 8.31. The van der Waals surface area contributed by atoms with Crippen LogP contribution in [0.5, 0.6) is 0 Å². The Hall–Kier alpha value is -1.82. The summed E-state index contributed by atoms with van der Waals surface area (Å²) in [4.78, 5) is 16.9. The van der Waals surface area contributed by atoms with Crippen LogP contribution < -0.4 is 5.43 Å². The summed E-state index contributed by atoms with van der Waals surface area (Å²) in [6.07, 6.45) is 7.19. The molecule has 1 aliphatic rings. The van der Waals surface area contributed by atoms with Gasteiger partial charge in [-0.1, -0.05) is 45.2 Å². The van der Waals surface area contributed by atoms with Gasteiger partial charge in [-0.25, -0.2) is 4.99 Å². The number of esters is 1. The van der Waals surface area contributed by atoms with Gasteiger partial charge >= 0.3 is 5.97 Å². The monoisotopic (exact) mass is 389 g/mol. The second-order valence-electron chi connectivity index (χ2n) is 7.40. The van der Waals surface area contributed by atoms with Gasteiger partial charge in [0.25, 0.3) is 0 Å². The maximum Gasteiger partial charge on any atom is 0.309 e. The van der Waals surface area contributed by atoms with Crippen molar-refractivity contribution in [3.63, 3.8) is 0 Å². The molecule has 1 aromatic rings. The number of ether oxygens (including phenoxy) is 1. The van der Waals surface area contributed by atoms with Crippen molar-refractivity contribution in [2.75, 3.05) is 5.94 Å². The molecule has 0 saturated heterocycles. The number of hydrogen-bond donors (Lipinski definition) is 1. The number of carbonyl (C=O) groups excluding carboxylic acids is 1. The van der Waals surface area contributed by atoms with Crippen LogP contribution in [-0.2, 0) is 9.53 Å². The Kier molecular flexibility index (Phi) is 8.85. The lowest BCUT2D eigenvalue weighted by molar-refractivity contribution is -0.147. The molecule has 0 heterocycles. The summed E-state index contributed by atoms with van der Waals surface area (Å²) in [5, 5.41) is 4.86. The molecule has 0 aromatic heterocycles. The third-order valence-corrected chi connectivity index (χ3v) is 5.15. The van der Waals surface area contributed by atoms with Gasteiger partial charge in [0, 0.05) is 6.21 Å². The Balaban J connectivity index is 2.00. The van der Waals surface area contributed by atoms with Gasteiger partial charge in [0.05, 0.1) is 11.6 Å². The minimum Gasteiger partial charge on any atom is -0.454 e. The second kappa shape index (κ2) is 11.1. The summed E-state index contributed by atoms with van der Waals surface area (Å²) >= 11 is 1.36. The summed E-state index contributed by atoms with van der Waals surface area (Å²) < 4.78 is 5.48. The van der Waals surface area contributed by atoms with Crippen LogP contribution in [0.4, 0.5) is 5.69 Å². The molecule has 6 heteroatoms. The number of hydrogen-bond acceptors (Lipinski definition) is 5. The molecule has 1 aliphatic carbocycles. The molecule has 5 nitrogen and oxygen atoms in total. The number of rotatable bonds is 6. The lowest BCUT2D eigenvalue weighted by Crippen LogP contribution is -2.21. The Morgan fingerprint density at radius 1 is 1.30 bits per heavy atom. The van der Waals surface area contributed by atoms with Crippen LogP contribution in [0.15, 0.2) is 28.3 Å². The first-order chi connectivity index (χ1) is 13.0. The minimum absolute atomic E-state index is 0.0608. The van der Waals surface area contributed by atoms with Crippen LogP contribution in [0, 0.1) is 25.7 Å². The van der Waals surface area contributed by atoms with Gasteiger partial charge < -0.3 is 4.74 Å². The van der Waals surface area contributed by atoms with Gasteiger partial charge in [-0.2, -0.15) is 5.10 Å². The maximum atomic E-state index is 12.2. The Morgan fingerprint density at radius 3 is 2.74 bits per heavy atom. The fourth-order valence-corrected chi connectivity index (χ4v) is 3.45. The lowest BCUT2D eigenvalue weighted by Gasteiger charge is -2.19. The average molecular weight is 390 g/mol. The summed E-state index contributed by atoms with van der Waals surface area (Å²) in [5.41, 5.74) is 6.12. The average Bonchev–Trinajstić information content (AvgIpc) is 2.64. The summed E-state index contributed by atoms with van der Waals surface area (Å²) in [6, 6.07) is 6.16. The van der Waals surface area contributed by atoms with E-state index in [-0.39, 0.29) is 17.8 Å². The lowest BCUT2D eigenvalue weighted by atomic mass is 9.89. The number of thioether (sulfide) groups is 1. The zero-order valence-electron chi connectivity index (χ0n) is 16.8. The number of hydrazone groups is 1. The molecule has 1 N–H and O–H groups in total. The molecular formula is C21H31N3O2S. The van der Waals surface area contributed by atoms with Crippen LogP contribution >= 0.6 is 11.8 Å². The van der Waals surface area contributed by atoms with Gasteiger partial charge in [0.1, 0.15) is 5.94 Å². The van der Waals surface area contributed by atoms with E-state index < -0.39 is 0 Å². The van der Waals surface area contributed by atoms with Crippen LogP contribution in [-0.4, -0.2) is 23.3 Å². The molecule has 1 aromatic carbocycles. The van der Waals surface area contributed by atoms with Crippen molar-refractivity contribution in [3.8, 4) is 0 Å². The molecule has 0 spiro atoms. The third kappa shape index (κ3) is 7.75. The van der Waals surface area contributed by atoms with Crippen LogP contribution in [0.1, 0.15) is 57.1 Å². The number of nitrogens with one attached hydrogen (secondary N) is 1. The quantitative estimate of drug-likeness (QED) is 0.235. The highest BCUT2D eigenvalue weighted by molar-refractivity contribution is 8.13. The van der Waals surface area contributed by atoms with Crippen molar-refractivity contribution >= 4 is 34.8 Å². The molecule has 0 radical (unpaired) electrons. The molecular weight excluding hydrogens is 358 g/mol. The molecule has 1 saturated carbocycles. The largest absolute Gasteiger partial charge is 0.454 e. The molecule has 0 bridgehead atoms. The van der Waals surface area contributed by atoms with E-state index in [0.717, 1.165) is 42.5 Å². The van der Waals surface area contributed by atoms with Crippen molar-refractivity contribution in [2.45, 2.75) is 59.8 Å². The predicted molar refractivity (Wildman–Crippen MR) is 115 cm³/mol. The molecule has 0 amide bonds. The number of aliphatic imine (C=N–C) groups is 1. The van der Waals surface area contributed by atoms with Crippen molar-refractivity contribution in [3.05, 3.63) is 29.3 Å². The molecule has 148 valence electrons. The summed E-state index contributed by atoms with van der Waals surface area (Å²) in [7, 11) is 0. The molecule has 0 aliphatic heterocycles. The van der Waals surface area contributed by atoms with E-state index >= 15 is 0 Å². The molecule has 27 heavy (non-hydrogen) atoms. The van der Waals surface area contributed by atoms with E-state index in [1.54, 1.807) is 0 Å². The molecule has 0 atom stereocenters. The summed E-state index contributed by atoms with van der Waals surface area (Å²) in [6.45, 7) is 8.19. The highest BCUT2D eigenvalue weighted by atomic mass is 32.2. The highest BCUT2D eigenvalue weighted by Gasteiger charge is 2.22. The zero-order valence-corrected chi connectivity index (χ0v) is 17.6. The topological polar surface area (TPSA) is 63.1 Å². The Labute approximate surface area is 167 Å². The van der Waals surface area contributed by atoms with Gasteiger partial charge in [0.15, 0.2) is 5.17 Å². The first-order valence-electron chi connectivity index (χ1n) is 9.70. The number of amidine groups is 1. The number of nitrogens with zero attached hydrogens (tertiary/aromatic N) is 2. The third-order valence-electron chi connectivity index (χ3n) is 4.45. The molecule has 2 rings (SSSR count). The van der Waals surface area contributed by atoms with E-state index in [2.05, 4.69) is 41.5 Å². The molecule has 0 unspecified atom stereocenters. The zero-order chi connectivity index (χ0) is 19.6. The Morgan fingerprint density at radius 2 is 2.04 bits per heavy atom. The van der Waals surface area contributed by atoms with Crippen LogP contribution in [0.25, 0.3) is 0 Å². The van der Waals surface area contributed by atoms with E-state index in [4.69, 9.17) is 4.74 Å². The first kappa shape index (κ1) is 21.5. The van der Waals surface area contributed by atoms with Gasteiger partial charge in [-0.15, -0.1) is 0 Å². The van der Waals surface area contributed by atoms with E-state index in [0.29, 0.717) is 11.1 Å². The van der Waals surface area contributed by atoms with Gasteiger partial charge in [-0.3, -0.25) is 10.2 Å². The van der Waals surface area contributed by atoms with Crippen LogP contribution in [0.2, 0.25) is 0 Å². The maximum absolute atomic E-state index is 12.2. The smallest absolute Gasteiger partial charge is 0.309 e. The van der Waals surface area contributed by atoms with Gasteiger partial charge in [0.2, 0.25) is 0 Å². The van der Waals surface area contributed by atoms with Crippen LogP contribution in [0.3, 0.4) is 0 Å². The summed E-state index contributed by atoms with van der Waals surface area (Å²) in [5.74, 6) is 0.557. The van der Waals surface area contributed by atoms with Crippen molar-refractivity contribution in [1.29, 1.82) is 0 Å². The predicted octanol–water partition coefficient (Wildman–Crippen LogP) is 5.34. The minimum atomic E-state index is -0.0843. The number of benzene rings is 1. The van der Waals surface area contributed by atoms with Crippen molar-refractivity contribution < 1.29 is 9.53 Å². The Bertz CT molecular complexity index is 680. The SMILES string of the molecule is Cc1ccc(C)c(N=C(N/N=C/C(C)C)SCOC(=O)C2CCCCC2)c1. The number of aryl methyl sites for hydroxylation is 2. The highest BCUT2D eigenvalue weighted by Crippen LogP contribution is 2.25. The van der Waals surface area contributed by atoms with Gasteiger partial charge in [-0.05, 0) is 61.6 Å². The van der Waals surface area contributed by atoms with Crippen molar-refractivity contribution in [1.82, 2.24) is 5.43 Å².